The third-order valence-electron chi connectivity index (χ3n) is 3.05. The molecule has 0 saturated carbocycles. The van der Waals surface area contributed by atoms with Gasteiger partial charge in [-0.15, -0.1) is 0 Å². The highest BCUT2D eigenvalue weighted by Gasteiger charge is 1.81. The van der Waals surface area contributed by atoms with Crippen LogP contribution in [0.3, 0.4) is 0 Å². The number of unbranched alkanes of at least 4 members (excludes halogenated alkanes) is 2. The molecule has 0 radical (unpaired) electrons. The van der Waals surface area contributed by atoms with E-state index >= 15 is 0 Å². The van der Waals surface area contributed by atoms with Crippen LogP contribution in [0.2, 0.25) is 0 Å². The lowest BCUT2D eigenvalue weighted by Crippen LogP contribution is -1.73. The molecule has 0 atom stereocenters. The standard InChI is InChI=1S/C21H34S/c1-3-5-6-7-8-9-10-11-12-13-14-15-16-17-18-19-20-21-22-4-2/h5-6,8-9,11-12,14-15,19-20H,3-4,7,10,13,16-18,21H2,1-2H3/b6-5-,9-8-,12-11-,15-14-,20-19+. The van der Waals surface area contributed by atoms with E-state index in [9.17, 15) is 0 Å². The Morgan fingerprint density at radius 3 is 1.64 bits per heavy atom. The topological polar surface area (TPSA) is 0 Å². The third kappa shape index (κ3) is 19.1. The van der Waals surface area contributed by atoms with Crippen molar-refractivity contribution in [1.29, 1.82) is 0 Å². The number of hydrogen-bond acceptors (Lipinski definition) is 1. The Morgan fingerprint density at radius 1 is 0.591 bits per heavy atom. The fourth-order valence-corrected chi connectivity index (χ4v) is 2.33. The molecule has 0 aliphatic carbocycles. The average molecular weight is 319 g/mol. The van der Waals surface area contributed by atoms with Crippen molar-refractivity contribution < 1.29 is 0 Å². The SMILES string of the molecule is CC/C=C\C/C=C\C/C=C\C/C=C\CCC/C=C/CSCC. The molecule has 0 N–H and O–H groups in total. The summed E-state index contributed by atoms with van der Waals surface area (Å²) in [5.41, 5.74) is 0. The zero-order chi connectivity index (χ0) is 16.1. The Hall–Kier alpha value is -0.950. The molecule has 0 saturated heterocycles. The van der Waals surface area contributed by atoms with Crippen molar-refractivity contribution in [2.24, 2.45) is 0 Å². The molecule has 0 rings (SSSR count). The van der Waals surface area contributed by atoms with Gasteiger partial charge < -0.3 is 0 Å². The van der Waals surface area contributed by atoms with Crippen LogP contribution in [-0.4, -0.2) is 11.5 Å². The van der Waals surface area contributed by atoms with Crippen molar-refractivity contribution in [3.8, 4) is 0 Å². The summed E-state index contributed by atoms with van der Waals surface area (Å²) in [5.74, 6) is 2.38. The predicted molar refractivity (Wildman–Crippen MR) is 107 cm³/mol. The fraction of sp³-hybridized carbons (Fsp3) is 0.524. The van der Waals surface area contributed by atoms with Crippen LogP contribution in [0, 0.1) is 0 Å². The van der Waals surface area contributed by atoms with Crippen molar-refractivity contribution in [2.75, 3.05) is 11.5 Å². The van der Waals surface area contributed by atoms with E-state index < -0.39 is 0 Å². The van der Waals surface area contributed by atoms with E-state index in [2.05, 4.69) is 74.6 Å². The van der Waals surface area contributed by atoms with Crippen LogP contribution < -0.4 is 0 Å². The minimum absolute atomic E-state index is 1.05. The summed E-state index contributed by atoms with van der Waals surface area (Å²) in [4.78, 5) is 0. The molecule has 0 unspecified atom stereocenters. The Kier molecular flexibility index (Phi) is 19.2. The van der Waals surface area contributed by atoms with Crippen molar-refractivity contribution in [3.63, 3.8) is 0 Å². The second-order valence-electron chi connectivity index (χ2n) is 5.06. The second kappa shape index (κ2) is 20.1. The summed E-state index contributed by atoms with van der Waals surface area (Å²) >= 11 is 1.98. The zero-order valence-corrected chi connectivity index (χ0v) is 15.4. The van der Waals surface area contributed by atoms with Crippen LogP contribution >= 0.6 is 11.8 Å². The molecule has 0 aliphatic rings. The van der Waals surface area contributed by atoms with Gasteiger partial charge in [0.25, 0.3) is 0 Å². The molecule has 0 heterocycles. The van der Waals surface area contributed by atoms with E-state index in [4.69, 9.17) is 0 Å². The maximum Gasteiger partial charge on any atom is 0.0113 e. The Bertz CT molecular complexity index is 345. The molecule has 1 heteroatoms. The summed E-state index contributed by atoms with van der Waals surface area (Å²) in [5, 5.41) is 0. The van der Waals surface area contributed by atoms with Gasteiger partial charge in [0.2, 0.25) is 0 Å². The zero-order valence-electron chi connectivity index (χ0n) is 14.5. The molecule has 0 nitrogen and oxygen atoms in total. The van der Waals surface area contributed by atoms with Gasteiger partial charge in [0.05, 0.1) is 0 Å². The minimum Gasteiger partial charge on any atom is -0.158 e. The molecule has 0 amide bonds. The van der Waals surface area contributed by atoms with Crippen molar-refractivity contribution in [1.82, 2.24) is 0 Å². The van der Waals surface area contributed by atoms with E-state index in [-0.39, 0.29) is 0 Å². The fourth-order valence-electron chi connectivity index (χ4n) is 1.82. The van der Waals surface area contributed by atoms with Gasteiger partial charge in [0.15, 0.2) is 0 Å². The summed E-state index contributed by atoms with van der Waals surface area (Å²) in [6, 6.07) is 0. The third-order valence-corrected chi connectivity index (χ3v) is 3.88. The highest BCUT2D eigenvalue weighted by atomic mass is 32.2. The van der Waals surface area contributed by atoms with E-state index in [1.54, 1.807) is 0 Å². The van der Waals surface area contributed by atoms with Crippen molar-refractivity contribution >= 4 is 11.8 Å². The Balaban J connectivity index is 3.37. The molecule has 0 aromatic heterocycles. The number of rotatable bonds is 14. The van der Waals surface area contributed by atoms with Crippen LogP contribution in [0.5, 0.6) is 0 Å². The quantitative estimate of drug-likeness (QED) is 0.240. The molecule has 0 aliphatic heterocycles. The maximum absolute atomic E-state index is 2.32. The number of allylic oxidation sites excluding steroid dienone is 9. The van der Waals surface area contributed by atoms with Crippen LogP contribution in [0.15, 0.2) is 60.8 Å². The van der Waals surface area contributed by atoms with Gasteiger partial charge in [0, 0.05) is 5.75 Å². The second-order valence-corrected chi connectivity index (χ2v) is 6.38. The first-order valence-electron chi connectivity index (χ1n) is 8.74. The Labute approximate surface area is 143 Å². The summed E-state index contributed by atoms with van der Waals surface area (Å²) in [6.07, 6.45) is 30.6. The van der Waals surface area contributed by atoms with Gasteiger partial charge in [-0.2, -0.15) is 11.8 Å². The molecule has 0 aromatic rings. The van der Waals surface area contributed by atoms with Crippen LogP contribution in [-0.2, 0) is 0 Å². The molecular formula is C21H34S. The first-order chi connectivity index (χ1) is 10.9. The van der Waals surface area contributed by atoms with Crippen LogP contribution in [0.1, 0.15) is 58.8 Å². The molecule has 0 fully saturated rings. The molecule has 22 heavy (non-hydrogen) atoms. The van der Waals surface area contributed by atoms with Crippen LogP contribution in [0.25, 0.3) is 0 Å². The lowest BCUT2D eigenvalue weighted by atomic mass is 10.2. The van der Waals surface area contributed by atoms with E-state index in [1.165, 1.54) is 30.8 Å². The molecule has 0 bridgehead atoms. The van der Waals surface area contributed by atoms with Crippen LogP contribution in [0.4, 0.5) is 0 Å². The summed E-state index contributed by atoms with van der Waals surface area (Å²) in [7, 11) is 0. The molecule has 124 valence electrons. The molecule has 0 aromatic carbocycles. The number of thioether (sulfide) groups is 1. The highest BCUT2D eigenvalue weighted by Crippen LogP contribution is 2.02. The first-order valence-corrected chi connectivity index (χ1v) is 9.90. The largest absolute Gasteiger partial charge is 0.158 e. The lowest BCUT2D eigenvalue weighted by Gasteiger charge is -1.91. The molecule has 0 spiro atoms. The van der Waals surface area contributed by atoms with Gasteiger partial charge in [-0.1, -0.05) is 74.6 Å². The van der Waals surface area contributed by atoms with Gasteiger partial charge in [-0.3, -0.25) is 0 Å². The van der Waals surface area contributed by atoms with E-state index in [0.29, 0.717) is 0 Å². The van der Waals surface area contributed by atoms with Crippen molar-refractivity contribution in [3.05, 3.63) is 60.8 Å². The van der Waals surface area contributed by atoms with Crippen molar-refractivity contribution in [2.45, 2.75) is 58.8 Å². The molecular weight excluding hydrogens is 284 g/mol. The van der Waals surface area contributed by atoms with E-state index in [1.807, 2.05) is 11.8 Å². The summed E-state index contributed by atoms with van der Waals surface area (Å²) in [6.45, 7) is 4.37. The normalized spacial score (nSPS) is 13.0. The number of hydrogen-bond donors (Lipinski definition) is 0. The monoisotopic (exact) mass is 318 g/mol. The van der Waals surface area contributed by atoms with E-state index in [0.717, 1.165) is 25.7 Å². The van der Waals surface area contributed by atoms with Gasteiger partial charge in [-0.05, 0) is 50.7 Å². The first kappa shape index (κ1) is 21.0. The maximum atomic E-state index is 2.32. The smallest absolute Gasteiger partial charge is 0.0113 e. The van der Waals surface area contributed by atoms with Gasteiger partial charge in [-0.25, -0.2) is 0 Å². The minimum atomic E-state index is 1.05. The Morgan fingerprint density at radius 2 is 1.09 bits per heavy atom. The van der Waals surface area contributed by atoms with Gasteiger partial charge >= 0.3 is 0 Å². The average Bonchev–Trinajstić information content (AvgIpc) is 2.54. The highest BCUT2D eigenvalue weighted by molar-refractivity contribution is 7.99. The summed E-state index contributed by atoms with van der Waals surface area (Å²) < 4.78 is 0. The van der Waals surface area contributed by atoms with Gasteiger partial charge in [0.1, 0.15) is 0 Å². The predicted octanol–water partition coefficient (Wildman–Crippen LogP) is 7.27. The lowest BCUT2D eigenvalue weighted by molar-refractivity contribution is 0.865.